The average Bonchev–Trinajstić information content (AvgIpc) is 2.78. The molecule has 0 bridgehead atoms. The fraction of sp³-hybridized carbons (Fsp3) is 0.167. The molecule has 0 spiro atoms. The smallest absolute Gasteiger partial charge is 0.342 e. The highest BCUT2D eigenvalue weighted by Crippen LogP contribution is 2.26. The molecule has 0 aliphatic rings. The second kappa shape index (κ2) is 5.59. The molecule has 7 nitrogen and oxygen atoms in total. The van der Waals surface area contributed by atoms with Crippen molar-refractivity contribution in [3.8, 4) is 11.8 Å². The van der Waals surface area contributed by atoms with E-state index in [9.17, 15) is 10.1 Å². The molecular weight excluding hydrogens is 284 g/mol. The van der Waals surface area contributed by atoms with Gasteiger partial charge in [0, 0.05) is 0 Å². The Labute approximate surface area is 119 Å². The number of nitriles is 1. The monoisotopic (exact) mass is 292 g/mol. The van der Waals surface area contributed by atoms with Crippen LogP contribution in [-0.4, -0.2) is 14.5 Å². The number of hydrogen-bond acceptors (Lipinski definition) is 5. The number of ether oxygens (including phenoxy) is 1. The lowest BCUT2D eigenvalue weighted by molar-refractivity contribution is -0.391. The number of imidazole rings is 1. The highest BCUT2D eigenvalue weighted by atomic mass is 35.5. The van der Waals surface area contributed by atoms with Crippen molar-refractivity contribution in [1.29, 1.82) is 5.26 Å². The highest BCUT2D eigenvalue weighted by molar-refractivity contribution is 6.32. The van der Waals surface area contributed by atoms with Crippen LogP contribution in [0.1, 0.15) is 11.4 Å². The summed E-state index contributed by atoms with van der Waals surface area (Å²) in [5, 5.41) is 19.7. The van der Waals surface area contributed by atoms with Crippen molar-refractivity contribution in [2.45, 2.75) is 6.61 Å². The topological polar surface area (TPSA) is 94.0 Å². The van der Waals surface area contributed by atoms with E-state index < -0.39 is 4.92 Å². The number of aromatic nitrogens is 2. The Balaban J connectivity index is 2.13. The molecule has 0 aliphatic carbocycles. The number of benzene rings is 1. The van der Waals surface area contributed by atoms with Gasteiger partial charge in [-0.05, 0) is 23.1 Å². The Kier molecular flexibility index (Phi) is 3.86. The summed E-state index contributed by atoms with van der Waals surface area (Å²) in [7, 11) is 1.53. The number of halogens is 1. The zero-order valence-corrected chi connectivity index (χ0v) is 11.2. The van der Waals surface area contributed by atoms with E-state index in [1.54, 1.807) is 12.1 Å². The van der Waals surface area contributed by atoms with Gasteiger partial charge in [-0.25, -0.2) is 9.55 Å². The van der Waals surface area contributed by atoms with Gasteiger partial charge in [0.25, 0.3) is 0 Å². The maximum atomic E-state index is 10.7. The first-order valence-corrected chi connectivity index (χ1v) is 5.88. The lowest BCUT2D eigenvalue weighted by atomic mass is 10.2. The van der Waals surface area contributed by atoms with E-state index in [0.29, 0.717) is 22.2 Å². The van der Waals surface area contributed by atoms with E-state index in [0.717, 1.165) is 0 Å². The summed E-state index contributed by atoms with van der Waals surface area (Å²) >= 11 is 5.96. The van der Waals surface area contributed by atoms with Crippen LogP contribution in [0.3, 0.4) is 0 Å². The van der Waals surface area contributed by atoms with Gasteiger partial charge in [-0.15, -0.1) is 0 Å². The normalized spacial score (nSPS) is 10.1. The minimum absolute atomic E-state index is 0.0377. The number of hydrogen-bond donors (Lipinski definition) is 0. The van der Waals surface area contributed by atoms with Crippen molar-refractivity contribution in [1.82, 2.24) is 9.55 Å². The van der Waals surface area contributed by atoms with Gasteiger partial charge < -0.3 is 14.9 Å². The molecular formula is C12H9ClN4O3. The summed E-state index contributed by atoms with van der Waals surface area (Å²) in [5.41, 5.74) is 0.426. The molecule has 8 heteroatoms. The van der Waals surface area contributed by atoms with Crippen molar-refractivity contribution < 1.29 is 9.66 Å². The summed E-state index contributed by atoms with van der Waals surface area (Å²) in [6.07, 6.45) is 1.17. The minimum Gasteiger partial charge on any atom is -0.482 e. The quantitative estimate of drug-likeness (QED) is 0.637. The molecule has 0 fully saturated rings. The lowest BCUT2D eigenvalue weighted by Gasteiger charge is -2.06. The van der Waals surface area contributed by atoms with Gasteiger partial charge >= 0.3 is 5.82 Å². The predicted octanol–water partition coefficient (Wildman–Crippen LogP) is 2.43. The van der Waals surface area contributed by atoms with Gasteiger partial charge in [0.1, 0.15) is 11.9 Å². The summed E-state index contributed by atoms with van der Waals surface area (Å²) in [5.74, 6) is 0.669. The predicted molar refractivity (Wildman–Crippen MR) is 70.4 cm³/mol. The second-order valence-corrected chi connectivity index (χ2v) is 4.30. The minimum atomic E-state index is -0.523. The number of nitro groups is 1. The maximum absolute atomic E-state index is 10.7. The third kappa shape index (κ3) is 2.70. The van der Waals surface area contributed by atoms with Crippen LogP contribution in [0, 0.1) is 21.4 Å². The van der Waals surface area contributed by atoms with E-state index >= 15 is 0 Å². The first kappa shape index (κ1) is 13.8. The fourth-order valence-corrected chi connectivity index (χ4v) is 1.81. The van der Waals surface area contributed by atoms with Crippen LogP contribution in [0.25, 0.3) is 0 Å². The van der Waals surface area contributed by atoms with Crippen molar-refractivity contribution >= 4 is 17.4 Å². The molecule has 20 heavy (non-hydrogen) atoms. The lowest BCUT2D eigenvalue weighted by Crippen LogP contribution is -2.05. The molecule has 2 aromatic rings. The molecule has 0 unspecified atom stereocenters. The molecule has 0 radical (unpaired) electrons. The number of rotatable bonds is 4. The molecule has 0 amide bonds. The summed E-state index contributed by atoms with van der Waals surface area (Å²) in [6, 6.07) is 6.59. The van der Waals surface area contributed by atoms with E-state index in [4.69, 9.17) is 21.6 Å². The molecule has 1 aromatic heterocycles. The largest absolute Gasteiger partial charge is 0.482 e. The maximum Gasteiger partial charge on any atom is 0.342 e. The highest BCUT2D eigenvalue weighted by Gasteiger charge is 2.17. The van der Waals surface area contributed by atoms with Gasteiger partial charge in [-0.2, -0.15) is 5.26 Å². The van der Waals surface area contributed by atoms with Crippen LogP contribution in [0.2, 0.25) is 5.02 Å². The average molecular weight is 293 g/mol. The van der Waals surface area contributed by atoms with Gasteiger partial charge in [-0.1, -0.05) is 11.6 Å². The van der Waals surface area contributed by atoms with Crippen LogP contribution in [0.4, 0.5) is 5.82 Å². The van der Waals surface area contributed by atoms with Crippen molar-refractivity contribution in [2.75, 3.05) is 0 Å². The van der Waals surface area contributed by atoms with Gasteiger partial charge in [0.15, 0.2) is 6.61 Å². The Morgan fingerprint density at radius 1 is 1.60 bits per heavy atom. The molecule has 1 aromatic carbocycles. The summed E-state index contributed by atoms with van der Waals surface area (Å²) < 4.78 is 6.78. The summed E-state index contributed by atoms with van der Waals surface area (Å²) in [6.45, 7) is 0.0377. The first-order chi connectivity index (χ1) is 9.52. The van der Waals surface area contributed by atoms with Crippen LogP contribution in [-0.2, 0) is 13.7 Å². The SMILES string of the molecule is Cn1c([N+](=O)[O-])cnc1COc1ccc(C#N)cc1Cl. The molecule has 2 rings (SSSR count). The van der Waals surface area contributed by atoms with Crippen LogP contribution >= 0.6 is 11.6 Å². The second-order valence-electron chi connectivity index (χ2n) is 3.89. The van der Waals surface area contributed by atoms with E-state index in [1.807, 2.05) is 6.07 Å². The molecule has 102 valence electrons. The van der Waals surface area contributed by atoms with Crippen LogP contribution in [0.15, 0.2) is 24.4 Å². The Morgan fingerprint density at radius 2 is 2.35 bits per heavy atom. The third-order valence-corrected chi connectivity index (χ3v) is 2.96. The molecule has 0 aliphatic heterocycles. The Morgan fingerprint density at radius 3 is 2.90 bits per heavy atom. The van der Waals surface area contributed by atoms with Crippen molar-refractivity contribution in [3.05, 3.63) is 50.9 Å². The fourth-order valence-electron chi connectivity index (χ4n) is 1.57. The van der Waals surface area contributed by atoms with E-state index in [1.165, 1.54) is 23.9 Å². The van der Waals surface area contributed by atoms with Crippen LogP contribution < -0.4 is 4.74 Å². The molecule has 0 N–H and O–H groups in total. The zero-order valence-electron chi connectivity index (χ0n) is 10.4. The first-order valence-electron chi connectivity index (χ1n) is 5.50. The van der Waals surface area contributed by atoms with E-state index in [2.05, 4.69) is 4.98 Å². The third-order valence-electron chi connectivity index (χ3n) is 2.66. The molecule has 0 saturated carbocycles. The zero-order chi connectivity index (χ0) is 14.7. The molecule has 1 heterocycles. The van der Waals surface area contributed by atoms with Gasteiger partial charge in [-0.3, -0.25) is 0 Å². The number of nitrogens with zero attached hydrogens (tertiary/aromatic N) is 4. The Bertz CT molecular complexity index is 705. The van der Waals surface area contributed by atoms with Gasteiger partial charge in [0.2, 0.25) is 5.82 Å². The van der Waals surface area contributed by atoms with E-state index in [-0.39, 0.29) is 12.4 Å². The summed E-state index contributed by atoms with van der Waals surface area (Å²) in [4.78, 5) is 14.1. The molecule has 0 saturated heterocycles. The molecule has 0 atom stereocenters. The standard InChI is InChI=1S/C12H9ClN4O3/c1-16-11(15-6-12(16)17(18)19)7-20-10-3-2-8(5-14)4-9(10)13/h2-4,6H,7H2,1H3. The Hall–Kier alpha value is -2.59. The van der Waals surface area contributed by atoms with Crippen LogP contribution in [0.5, 0.6) is 5.75 Å². The van der Waals surface area contributed by atoms with Crippen molar-refractivity contribution in [2.24, 2.45) is 7.05 Å². The van der Waals surface area contributed by atoms with Gasteiger partial charge in [0.05, 0.1) is 23.7 Å². The van der Waals surface area contributed by atoms with Crippen molar-refractivity contribution in [3.63, 3.8) is 0 Å².